The lowest BCUT2D eigenvalue weighted by Gasteiger charge is -2.37. The number of amides is 1. The molecule has 0 spiro atoms. The number of benzene rings is 2. The molecule has 1 heterocycles. The van der Waals surface area contributed by atoms with E-state index in [0.29, 0.717) is 5.56 Å². The van der Waals surface area contributed by atoms with Gasteiger partial charge in [0.05, 0.1) is 6.54 Å². The second-order valence-corrected chi connectivity index (χ2v) is 8.36. The highest BCUT2D eigenvalue weighted by molar-refractivity contribution is 14.0. The van der Waals surface area contributed by atoms with E-state index in [0.717, 1.165) is 63.6 Å². The smallest absolute Gasteiger partial charge is 0.251 e. The van der Waals surface area contributed by atoms with Crippen LogP contribution in [-0.2, 0) is 16.6 Å². The molecule has 6 nitrogen and oxygen atoms in total. The molecule has 0 aromatic heterocycles. The molecule has 2 aromatic rings. The number of guanidine groups is 1. The maximum absolute atomic E-state index is 11.9. The van der Waals surface area contributed by atoms with Crippen molar-refractivity contribution in [2.45, 2.75) is 38.5 Å². The van der Waals surface area contributed by atoms with Crippen molar-refractivity contribution in [2.75, 3.05) is 39.9 Å². The molecule has 0 unspecified atom stereocenters. The third-order valence-corrected chi connectivity index (χ3v) is 6.17. The summed E-state index contributed by atoms with van der Waals surface area (Å²) in [5.74, 6) is 0.766. The number of nitrogens with zero attached hydrogens (tertiary/aromatic N) is 1. The van der Waals surface area contributed by atoms with Crippen LogP contribution in [-0.4, -0.2) is 51.8 Å². The Bertz CT molecular complexity index is 926. The van der Waals surface area contributed by atoms with Crippen molar-refractivity contribution < 1.29 is 9.53 Å². The van der Waals surface area contributed by atoms with Crippen molar-refractivity contribution in [3.63, 3.8) is 0 Å². The van der Waals surface area contributed by atoms with Gasteiger partial charge in [-0.1, -0.05) is 36.4 Å². The molecular formula is C26H37IN4O2. The van der Waals surface area contributed by atoms with Crippen molar-refractivity contribution in [3.8, 4) is 0 Å². The summed E-state index contributed by atoms with van der Waals surface area (Å²) >= 11 is 0. The molecule has 3 rings (SSSR count). The lowest BCUT2D eigenvalue weighted by molar-refractivity contribution is 0.0529. The summed E-state index contributed by atoms with van der Waals surface area (Å²) in [6.07, 6.45) is 2.77. The minimum Gasteiger partial charge on any atom is -0.381 e. The number of carbonyl (C=O) groups is 1. The van der Waals surface area contributed by atoms with Crippen molar-refractivity contribution in [3.05, 3.63) is 70.8 Å². The first kappa shape index (κ1) is 27.1. The third-order valence-electron chi connectivity index (χ3n) is 6.17. The van der Waals surface area contributed by atoms with Crippen molar-refractivity contribution in [2.24, 2.45) is 4.99 Å². The standard InChI is InChI=1S/C26H36N4O2.HI/c1-4-28-25(29-15-12-21-9-7-10-22(18-21)24(31)27-3)30-19-26(13-16-32-17-14-26)23-11-6-5-8-20(23)2;/h5-11,18H,4,12-17,19H2,1-3H3,(H,27,31)(H2,28,29,30);1H. The molecule has 1 aliphatic rings. The predicted molar refractivity (Wildman–Crippen MR) is 146 cm³/mol. The summed E-state index contributed by atoms with van der Waals surface area (Å²) in [6.45, 7) is 8.08. The first-order chi connectivity index (χ1) is 15.6. The van der Waals surface area contributed by atoms with E-state index in [1.807, 2.05) is 24.3 Å². The highest BCUT2D eigenvalue weighted by Crippen LogP contribution is 2.37. The maximum Gasteiger partial charge on any atom is 0.251 e. The third kappa shape index (κ3) is 7.43. The molecule has 2 aromatic carbocycles. The van der Waals surface area contributed by atoms with E-state index >= 15 is 0 Å². The molecule has 0 saturated carbocycles. The Morgan fingerprint density at radius 3 is 2.55 bits per heavy atom. The molecule has 1 fully saturated rings. The van der Waals surface area contributed by atoms with Crippen molar-refractivity contribution >= 4 is 35.8 Å². The van der Waals surface area contributed by atoms with E-state index in [1.54, 1.807) is 7.05 Å². The van der Waals surface area contributed by atoms with E-state index in [4.69, 9.17) is 9.73 Å². The minimum atomic E-state index is -0.0623. The molecular weight excluding hydrogens is 527 g/mol. The van der Waals surface area contributed by atoms with Gasteiger partial charge in [-0.3, -0.25) is 9.79 Å². The molecule has 0 bridgehead atoms. The van der Waals surface area contributed by atoms with E-state index in [1.165, 1.54) is 11.1 Å². The topological polar surface area (TPSA) is 74.8 Å². The quantitative estimate of drug-likeness (QED) is 0.259. The molecule has 33 heavy (non-hydrogen) atoms. The van der Waals surface area contributed by atoms with Gasteiger partial charge in [-0.05, 0) is 61.9 Å². The van der Waals surface area contributed by atoms with Gasteiger partial charge in [0.2, 0.25) is 0 Å². The lowest BCUT2D eigenvalue weighted by Crippen LogP contribution is -2.42. The number of hydrogen-bond acceptors (Lipinski definition) is 3. The van der Waals surface area contributed by atoms with Gasteiger partial charge in [-0.2, -0.15) is 0 Å². The van der Waals surface area contributed by atoms with Crippen LogP contribution in [0.3, 0.4) is 0 Å². The average Bonchev–Trinajstić information content (AvgIpc) is 2.83. The fraction of sp³-hybridized carbons (Fsp3) is 0.462. The number of ether oxygens (including phenoxy) is 1. The Labute approximate surface area is 215 Å². The summed E-state index contributed by atoms with van der Waals surface area (Å²) in [5.41, 5.74) is 4.52. The molecule has 1 saturated heterocycles. The zero-order valence-electron chi connectivity index (χ0n) is 19.9. The molecule has 0 radical (unpaired) electrons. The molecule has 0 atom stereocenters. The Morgan fingerprint density at radius 1 is 1.09 bits per heavy atom. The lowest BCUT2D eigenvalue weighted by atomic mass is 9.72. The van der Waals surface area contributed by atoms with Crippen LogP contribution in [0, 0.1) is 6.92 Å². The largest absolute Gasteiger partial charge is 0.381 e. The first-order valence-electron chi connectivity index (χ1n) is 11.5. The van der Waals surface area contributed by atoms with E-state index in [9.17, 15) is 4.79 Å². The highest BCUT2D eigenvalue weighted by Gasteiger charge is 2.35. The van der Waals surface area contributed by atoms with Gasteiger partial charge < -0.3 is 20.7 Å². The Morgan fingerprint density at radius 2 is 1.85 bits per heavy atom. The normalized spacial score (nSPS) is 15.3. The van der Waals surface area contributed by atoms with Crippen LogP contribution in [0.15, 0.2) is 53.5 Å². The Hall–Kier alpha value is -2.13. The molecule has 3 N–H and O–H groups in total. The second kappa shape index (κ2) is 13.5. The zero-order chi connectivity index (χ0) is 22.8. The van der Waals surface area contributed by atoms with Crippen LogP contribution in [0.4, 0.5) is 0 Å². The number of carbonyl (C=O) groups excluding carboxylic acids is 1. The minimum absolute atomic E-state index is 0. The van der Waals surface area contributed by atoms with Gasteiger partial charge in [0.1, 0.15) is 0 Å². The molecule has 0 aliphatic carbocycles. The summed E-state index contributed by atoms with van der Waals surface area (Å²) in [7, 11) is 1.65. The van der Waals surface area contributed by atoms with E-state index in [2.05, 4.69) is 54.1 Å². The monoisotopic (exact) mass is 564 g/mol. The average molecular weight is 565 g/mol. The number of rotatable bonds is 8. The van der Waals surface area contributed by atoms with Crippen molar-refractivity contribution in [1.82, 2.24) is 16.0 Å². The Balaban J connectivity index is 0.00000385. The highest BCUT2D eigenvalue weighted by atomic mass is 127. The van der Waals surface area contributed by atoms with Crippen LogP contribution in [0.5, 0.6) is 0 Å². The van der Waals surface area contributed by atoms with Crippen LogP contribution >= 0.6 is 24.0 Å². The second-order valence-electron chi connectivity index (χ2n) is 8.36. The van der Waals surface area contributed by atoms with Gasteiger partial charge in [-0.15, -0.1) is 24.0 Å². The number of halogens is 1. The fourth-order valence-corrected chi connectivity index (χ4v) is 4.35. The van der Waals surface area contributed by atoms with Gasteiger partial charge in [-0.25, -0.2) is 0 Å². The van der Waals surface area contributed by atoms with Crippen LogP contribution in [0.25, 0.3) is 0 Å². The first-order valence-corrected chi connectivity index (χ1v) is 11.5. The van der Waals surface area contributed by atoms with Crippen LogP contribution < -0.4 is 16.0 Å². The number of nitrogens with one attached hydrogen (secondary N) is 3. The summed E-state index contributed by atoms with van der Waals surface area (Å²) in [6, 6.07) is 16.4. The SMILES string of the molecule is CCNC(=NCC1(c2ccccc2C)CCOCC1)NCCc1cccc(C(=O)NC)c1.I. The van der Waals surface area contributed by atoms with Crippen molar-refractivity contribution in [1.29, 1.82) is 0 Å². The van der Waals surface area contributed by atoms with Crippen LogP contribution in [0.2, 0.25) is 0 Å². The van der Waals surface area contributed by atoms with E-state index < -0.39 is 0 Å². The number of hydrogen-bond donors (Lipinski definition) is 3. The molecule has 1 aliphatic heterocycles. The van der Waals surface area contributed by atoms with Gasteiger partial charge in [0.15, 0.2) is 5.96 Å². The molecule has 7 heteroatoms. The zero-order valence-corrected chi connectivity index (χ0v) is 22.3. The van der Waals surface area contributed by atoms with Gasteiger partial charge in [0, 0.05) is 44.3 Å². The van der Waals surface area contributed by atoms with Gasteiger partial charge in [0.25, 0.3) is 5.91 Å². The number of aryl methyl sites for hydroxylation is 1. The Kier molecular flexibility index (Phi) is 11.1. The summed E-state index contributed by atoms with van der Waals surface area (Å²) in [4.78, 5) is 16.9. The maximum atomic E-state index is 11.9. The summed E-state index contributed by atoms with van der Waals surface area (Å²) < 4.78 is 5.68. The molecule has 180 valence electrons. The van der Waals surface area contributed by atoms with E-state index in [-0.39, 0.29) is 35.3 Å². The van der Waals surface area contributed by atoms with Gasteiger partial charge >= 0.3 is 0 Å². The fourth-order valence-electron chi connectivity index (χ4n) is 4.35. The summed E-state index contributed by atoms with van der Waals surface area (Å²) in [5, 5.41) is 9.51. The van der Waals surface area contributed by atoms with Crippen LogP contribution in [0.1, 0.15) is 46.8 Å². The number of aliphatic imine (C=N–C) groups is 1. The predicted octanol–water partition coefficient (Wildman–Crippen LogP) is 3.82. The molecule has 1 amide bonds.